The number of methoxy groups -OCH3 is 1. The highest BCUT2D eigenvalue weighted by Crippen LogP contribution is 2.39. The first-order chi connectivity index (χ1) is 9.15. The zero-order valence-electron chi connectivity index (χ0n) is 12.3. The topological polar surface area (TPSA) is 47.3 Å². The molecule has 1 saturated carbocycles. The molecule has 0 aliphatic heterocycles. The number of hydrazine groups is 1. The van der Waals surface area contributed by atoms with Crippen molar-refractivity contribution in [2.24, 2.45) is 17.7 Å². The number of hydrogen-bond acceptors (Lipinski definition) is 3. The van der Waals surface area contributed by atoms with Crippen molar-refractivity contribution in [2.75, 3.05) is 7.11 Å². The lowest BCUT2D eigenvalue weighted by Crippen LogP contribution is -2.35. The molecule has 0 aromatic heterocycles. The van der Waals surface area contributed by atoms with Crippen LogP contribution in [0, 0.1) is 18.8 Å². The van der Waals surface area contributed by atoms with E-state index in [1.807, 2.05) is 0 Å². The van der Waals surface area contributed by atoms with Gasteiger partial charge in [-0.2, -0.15) is 0 Å². The molecule has 2 rings (SSSR count). The van der Waals surface area contributed by atoms with Gasteiger partial charge in [0.05, 0.1) is 13.2 Å². The summed E-state index contributed by atoms with van der Waals surface area (Å²) in [5, 5.41) is 0. The molecule has 0 amide bonds. The fourth-order valence-electron chi connectivity index (χ4n) is 3.17. The summed E-state index contributed by atoms with van der Waals surface area (Å²) in [6.45, 7) is 4.42. The van der Waals surface area contributed by atoms with E-state index in [4.69, 9.17) is 10.6 Å². The van der Waals surface area contributed by atoms with Gasteiger partial charge in [-0.3, -0.25) is 11.3 Å². The molecule has 106 valence electrons. The van der Waals surface area contributed by atoms with Crippen LogP contribution in [-0.2, 0) is 0 Å². The third-order valence-corrected chi connectivity index (χ3v) is 4.44. The summed E-state index contributed by atoms with van der Waals surface area (Å²) < 4.78 is 5.53. The number of benzene rings is 1. The molecule has 19 heavy (non-hydrogen) atoms. The predicted molar refractivity (Wildman–Crippen MR) is 78.9 cm³/mol. The van der Waals surface area contributed by atoms with Crippen molar-refractivity contribution in [3.05, 3.63) is 29.3 Å². The van der Waals surface area contributed by atoms with Gasteiger partial charge in [0.2, 0.25) is 0 Å². The van der Waals surface area contributed by atoms with E-state index in [9.17, 15) is 0 Å². The minimum atomic E-state index is 0.197. The summed E-state index contributed by atoms with van der Waals surface area (Å²) in [6.07, 6.45) is 5.09. The molecule has 0 radical (unpaired) electrons. The van der Waals surface area contributed by atoms with Crippen LogP contribution in [0.2, 0.25) is 0 Å². The van der Waals surface area contributed by atoms with Gasteiger partial charge in [0.1, 0.15) is 5.75 Å². The van der Waals surface area contributed by atoms with Gasteiger partial charge in [-0.05, 0) is 43.2 Å². The maximum atomic E-state index is 5.83. The third kappa shape index (κ3) is 3.28. The van der Waals surface area contributed by atoms with Crippen LogP contribution in [0.1, 0.15) is 49.8 Å². The summed E-state index contributed by atoms with van der Waals surface area (Å²) >= 11 is 0. The Morgan fingerprint density at radius 1 is 1.26 bits per heavy atom. The van der Waals surface area contributed by atoms with Crippen molar-refractivity contribution in [1.29, 1.82) is 0 Å². The normalized spacial score (nSPS) is 25.1. The average molecular weight is 262 g/mol. The van der Waals surface area contributed by atoms with Crippen molar-refractivity contribution in [3.8, 4) is 5.75 Å². The Morgan fingerprint density at radius 2 is 1.95 bits per heavy atom. The van der Waals surface area contributed by atoms with E-state index in [0.717, 1.165) is 11.7 Å². The van der Waals surface area contributed by atoms with Crippen molar-refractivity contribution < 1.29 is 4.74 Å². The Labute approximate surface area is 116 Å². The summed E-state index contributed by atoms with van der Waals surface area (Å²) in [4.78, 5) is 0. The molecule has 0 bridgehead atoms. The Kier molecular flexibility index (Phi) is 4.83. The molecule has 3 nitrogen and oxygen atoms in total. The van der Waals surface area contributed by atoms with E-state index in [1.165, 1.54) is 36.8 Å². The molecule has 1 aliphatic carbocycles. The van der Waals surface area contributed by atoms with E-state index in [2.05, 4.69) is 37.5 Å². The maximum Gasteiger partial charge on any atom is 0.123 e. The number of hydrogen-bond donors (Lipinski definition) is 2. The number of nitrogens with one attached hydrogen (secondary N) is 1. The smallest absolute Gasteiger partial charge is 0.123 e. The van der Waals surface area contributed by atoms with Crippen LogP contribution in [0.5, 0.6) is 5.75 Å². The summed E-state index contributed by atoms with van der Waals surface area (Å²) in [7, 11) is 1.73. The Balaban J connectivity index is 2.21. The minimum Gasteiger partial charge on any atom is -0.496 e. The van der Waals surface area contributed by atoms with Crippen LogP contribution in [0.3, 0.4) is 0 Å². The van der Waals surface area contributed by atoms with Crippen LogP contribution in [0.25, 0.3) is 0 Å². The molecule has 0 spiro atoms. The zero-order chi connectivity index (χ0) is 13.8. The van der Waals surface area contributed by atoms with Crippen molar-refractivity contribution in [1.82, 2.24) is 5.43 Å². The van der Waals surface area contributed by atoms with Crippen molar-refractivity contribution in [2.45, 2.75) is 45.6 Å². The standard InChI is InChI=1S/C16H26N2O/c1-11-4-7-13(8-5-11)16(18-17)14-9-6-12(2)10-15(14)19-3/h6,9-11,13,16,18H,4-5,7-8,17H2,1-3H3. The van der Waals surface area contributed by atoms with E-state index < -0.39 is 0 Å². The first-order valence-electron chi connectivity index (χ1n) is 7.26. The second-order valence-corrected chi connectivity index (χ2v) is 5.91. The molecular formula is C16H26N2O. The summed E-state index contributed by atoms with van der Waals surface area (Å²) in [5.41, 5.74) is 5.42. The predicted octanol–water partition coefficient (Wildman–Crippen LogP) is 3.33. The highest BCUT2D eigenvalue weighted by atomic mass is 16.5. The zero-order valence-corrected chi connectivity index (χ0v) is 12.3. The molecule has 1 aliphatic rings. The molecule has 0 heterocycles. The third-order valence-electron chi connectivity index (χ3n) is 4.44. The van der Waals surface area contributed by atoms with Crippen LogP contribution < -0.4 is 16.0 Å². The molecular weight excluding hydrogens is 236 g/mol. The molecule has 1 unspecified atom stereocenters. The second-order valence-electron chi connectivity index (χ2n) is 5.91. The van der Waals surface area contributed by atoms with Crippen LogP contribution in [0.4, 0.5) is 0 Å². The van der Waals surface area contributed by atoms with Gasteiger partial charge in [0.25, 0.3) is 0 Å². The van der Waals surface area contributed by atoms with Gasteiger partial charge < -0.3 is 4.74 Å². The molecule has 1 atom stereocenters. The van der Waals surface area contributed by atoms with E-state index >= 15 is 0 Å². The molecule has 0 saturated heterocycles. The number of nitrogens with two attached hydrogens (primary N) is 1. The van der Waals surface area contributed by atoms with Gasteiger partial charge in [0.15, 0.2) is 0 Å². The largest absolute Gasteiger partial charge is 0.496 e. The molecule has 1 aromatic rings. The average Bonchev–Trinajstić information content (AvgIpc) is 2.43. The first-order valence-corrected chi connectivity index (χ1v) is 7.26. The highest BCUT2D eigenvalue weighted by Gasteiger charge is 2.28. The summed E-state index contributed by atoms with van der Waals surface area (Å²) in [6, 6.07) is 6.57. The number of ether oxygens (including phenoxy) is 1. The monoisotopic (exact) mass is 262 g/mol. The van der Waals surface area contributed by atoms with Gasteiger partial charge in [-0.25, -0.2) is 0 Å². The van der Waals surface area contributed by atoms with Gasteiger partial charge in [-0.15, -0.1) is 0 Å². The van der Waals surface area contributed by atoms with Gasteiger partial charge >= 0.3 is 0 Å². The maximum absolute atomic E-state index is 5.83. The SMILES string of the molecule is COc1cc(C)ccc1C(NN)C1CCC(C)CC1. The lowest BCUT2D eigenvalue weighted by Gasteiger charge is -2.33. The van der Waals surface area contributed by atoms with E-state index in [-0.39, 0.29) is 6.04 Å². The van der Waals surface area contributed by atoms with Gasteiger partial charge in [0, 0.05) is 5.56 Å². The molecule has 1 aromatic carbocycles. The Morgan fingerprint density at radius 3 is 2.53 bits per heavy atom. The Hall–Kier alpha value is -1.06. The number of aryl methyl sites for hydroxylation is 1. The lowest BCUT2D eigenvalue weighted by atomic mass is 9.77. The molecule has 3 N–H and O–H groups in total. The van der Waals surface area contributed by atoms with Crippen LogP contribution >= 0.6 is 0 Å². The fraction of sp³-hybridized carbons (Fsp3) is 0.625. The number of rotatable bonds is 4. The quantitative estimate of drug-likeness (QED) is 0.646. The van der Waals surface area contributed by atoms with Crippen molar-refractivity contribution in [3.63, 3.8) is 0 Å². The van der Waals surface area contributed by atoms with Crippen molar-refractivity contribution >= 4 is 0 Å². The summed E-state index contributed by atoms with van der Waals surface area (Å²) in [5.74, 6) is 8.24. The first kappa shape index (κ1) is 14.4. The second kappa shape index (κ2) is 6.40. The van der Waals surface area contributed by atoms with Crippen LogP contribution in [-0.4, -0.2) is 7.11 Å². The highest BCUT2D eigenvalue weighted by molar-refractivity contribution is 5.39. The van der Waals surface area contributed by atoms with E-state index in [1.54, 1.807) is 7.11 Å². The Bertz CT molecular complexity index is 411. The molecule has 3 heteroatoms. The lowest BCUT2D eigenvalue weighted by molar-refractivity contribution is 0.229. The van der Waals surface area contributed by atoms with E-state index in [0.29, 0.717) is 5.92 Å². The fourth-order valence-corrected chi connectivity index (χ4v) is 3.17. The van der Waals surface area contributed by atoms with Crippen LogP contribution in [0.15, 0.2) is 18.2 Å². The minimum absolute atomic E-state index is 0.197. The van der Waals surface area contributed by atoms with Gasteiger partial charge in [-0.1, -0.05) is 31.9 Å². The molecule has 1 fully saturated rings.